The zero-order valence-electron chi connectivity index (χ0n) is 16.9. The fraction of sp³-hybridized carbons (Fsp3) is 0.636. The molecule has 0 spiro atoms. The minimum atomic E-state index is -0.0183. The summed E-state index contributed by atoms with van der Waals surface area (Å²) in [6.45, 7) is 10.6. The predicted octanol–water partition coefficient (Wildman–Crippen LogP) is 4.64. The van der Waals surface area contributed by atoms with E-state index in [0.717, 1.165) is 43.4 Å². The minimum absolute atomic E-state index is 0.00401. The summed E-state index contributed by atoms with van der Waals surface area (Å²) in [7, 11) is 0. The van der Waals surface area contributed by atoms with Gasteiger partial charge in [-0.2, -0.15) is 0 Å². The van der Waals surface area contributed by atoms with Crippen LogP contribution in [0.5, 0.6) is 0 Å². The van der Waals surface area contributed by atoms with Crippen LogP contribution < -0.4 is 10.6 Å². The van der Waals surface area contributed by atoms with Gasteiger partial charge in [0.25, 0.3) is 0 Å². The van der Waals surface area contributed by atoms with Gasteiger partial charge in [-0.15, -0.1) is 0 Å². The van der Waals surface area contributed by atoms with Crippen LogP contribution >= 0.6 is 0 Å². The number of hydrogen-bond donors (Lipinski definition) is 2. The fourth-order valence-corrected chi connectivity index (χ4v) is 3.56. The quantitative estimate of drug-likeness (QED) is 0.805. The van der Waals surface area contributed by atoms with Gasteiger partial charge in [0.15, 0.2) is 0 Å². The van der Waals surface area contributed by atoms with Crippen LogP contribution in [-0.4, -0.2) is 17.9 Å². The average molecular weight is 359 g/mol. The van der Waals surface area contributed by atoms with E-state index in [9.17, 15) is 9.59 Å². The van der Waals surface area contributed by atoms with E-state index in [1.165, 1.54) is 0 Å². The number of hydrogen-bond acceptors (Lipinski definition) is 2. The highest BCUT2D eigenvalue weighted by atomic mass is 16.2. The molecule has 2 amide bonds. The highest BCUT2D eigenvalue weighted by Gasteiger charge is 2.31. The second-order valence-electron chi connectivity index (χ2n) is 8.65. The Morgan fingerprint density at radius 1 is 1.04 bits per heavy atom. The Labute approximate surface area is 158 Å². The second kappa shape index (κ2) is 8.70. The third-order valence-electron chi connectivity index (χ3n) is 5.46. The Morgan fingerprint density at radius 3 is 2.12 bits per heavy atom. The van der Waals surface area contributed by atoms with Crippen LogP contribution in [0.1, 0.15) is 72.3 Å². The molecule has 1 atom stereocenters. The Bertz CT molecular complexity index is 625. The molecule has 0 aromatic heterocycles. The molecule has 1 aliphatic rings. The molecule has 1 aliphatic carbocycles. The van der Waals surface area contributed by atoms with Gasteiger partial charge in [-0.25, -0.2) is 0 Å². The Kier molecular flexibility index (Phi) is 6.85. The molecular weight excluding hydrogens is 324 g/mol. The van der Waals surface area contributed by atoms with E-state index in [2.05, 4.69) is 44.4 Å². The monoisotopic (exact) mass is 358 g/mol. The lowest BCUT2D eigenvalue weighted by Crippen LogP contribution is -2.39. The van der Waals surface area contributed by atoms with Gasteiger partial charge in [-0.1, -0.05) is 45.9 Å². The van der Waals surface area contributed by atoms with Gasteiger partial charge in [0.05, 0.1) is 0 Å². The summed E-state index contributed by atoms with van der Waals surface area (Å²) in [4.78, 5) is 25.0. The highest BCUT2D eigenvalue weighted by molar-refractivity contribution is 5.93. The van der Waals surface area contributed by atoms with Gasteiger partial charge in [-0.05, 0) is 56.1 Å². The van der Waals surface area contributed by atoms with Crippen molar-refractivity contribution in [2.45, 2.75) is 78.2 Å². The number of carbonyl (C=O) groups excluding carboxylic acids is 2. The first-order chi connectivity index (χ1) is 12.2. The molecule has 1 unspecified atom stereocenters. The van der Waals surface area contributed by atoms with E-state index >= 15 is 0 Å². The molecule has 2 rings (SSSR count). The highest BCUT2D eigenvalue weighted by Crippen LogP contribution is 2.32. The van der Waals surface area contributed by atoms with Crippen LogP contribution in [0.25, 0.3) is 0 Å². The molecule has 26 heavy (non-hydrogen) atoms. The second-order valence-corrected chi connectivity index (χ2v) is 8.65. The van der Waals surface area contributed by atoms with E-state index in [1.807, 2.05) is 25.1 Å². The van der Waals surface area contributed by atoms with Crippen LogP contribution in [0.3, 0.4) is 0 Å². The van der Waals surface area contributed by atoms with Gasteiger partial charge >= 0.3 is 0 Å². The van der Waals surface area contributed by atoms with Gasteiger partial charge in [-0.3, -0.25) is 9.59 Å². The number of nitrogens with one attached hydrogen (secondary N) is 2. The third-order valence-corrected chi connectivity index (χ3v) is 5.46. The summed E-state index contributed by atoms with van der Waals surface area (Å²) in [5, 5.41) is 6.20. The van der Waals surface area contributed by atoms with E-state index in [-0.39, 0.29) is 35.1 Å². The molecule has 4 heteroatoms. The number of amides is 2. The van der Waals surface area contributed by atoms with Gasteiger partial charge < -0.3 is 10.6 Å². The Balaban J connectivity index is 1.93. The first-order valence-electron chi connectivity index (χ1n) is 9.93. The van der Waals surface area contributed by atoms with Crippen molar-refractivity contribution in [3.8, 4) is 0 Å². The number of anilines is 1. The lowest BCUT2D eigenvalue weighted by Gasteiger charge is -2.29. The largest absolute Gasteiger partial charge is 0.353 e. The van der Waals surface area contributed by atoms with Crippen molar-refractivity contribution < 1.29 is 9.59 Å². The summed E-state index contributed by atoms with van der Waals surface area (Å²) in [6.07, 6.45) is 4.09. The summed E-state index contributed by atoms with van der Waals surface area (Å²) in [5.74, 6) is 0.282. The van der Waals surface area contributed by atoms with Crippen molar-refractivity contribution in [2.24, 2.45) is 11.8 Å². The minimum Gasteiger partial charge on any atom is -0.353 e. The maximum atomic E-state index is 12.7. The molecule has 0 bridgehead atoms. The standard InChI is InChI=1S/C22H34N2O2/c1-6-15(2)23-20(25)16-11-13-17(14-12-16)21(26)24-19-10-8-7-9-18(19)22(3,4)5/h7-10,15-17H,6,11-14H2,1-5H3,(H,23,25)(H,24,26). The van der Waals surface area contributed by atoms with Crippen LogP contribution in [-0.2, 0) is 15.0 Å². The van der Waals surface area contributed by atoms with Gasteiger partial charge in [0, 0.05) is 23.6 Å². The van der Waals surface area contributed by atoms with E-state index in [0.29, 0.717) is 0 Å². The molecule has 4 nitrogen and oxygen atoms in total. The van der Waals surface area contributed by atoms with Crippen LogP contribution in [0, 0.1) is 11.8 Å². The number of para-hydroxylation sites is 1. The summed E-state index contributed by atoms with van der Waals surface area (Å²) >= 11 is 0. The third kappa shape index (κ3) is 5.33. The summed E-state index contributed by atoms with van der Waals surface area (Å²) < 4.78 is 0. The van der Waals surface area contributed by atoms with Crippen LogP contribution in [0.15, 0.2) is 24.3 Å². The summed E-state index contributed by atoms with van der Waals surface area (Å²) in [6, 6.07) is 8.24. The average Bonchev–Trinajstić information content (AvgIpc) is 2.61. The van der Waals surface area contributed by atoms with Crippen molar-refractivity contribution >= 4 is 17.5 Å². The first kappa shape index (κ1) is 20.5. The zero-order chi connectivity index (χ0) is 19.3. The van der Waals surface area contributed by atoms with E-state index in [4.69, 9.17) is 0 Å². The normalized spacial score (nSPS) is 21.7. The van der Waals surface area contributed by atoms with Crippen molar-refractivity contribution in [1.82, 2.24) is 5.32 Å². The molecule has 0 heterocycles. The molecule has 1 fully saturated rings. The molecule has 1 aromatic rings. The Morgan fingerprint density at radius 2 is 1.58 bits per heavy atom. The smallest absolute Gasteiger partial charge is 0.227 e. The van der Waals surface area contributed by atoms with Crippen molar-refractivity contribution in [2.75, 3.05) is 5.32 Å². The van der Waals surface area contributed by atoms with Crippen molar-refractivity contribution in [3.63, 3.8) is 0 Å². The SMILES string of the molecule is CCC(C)NC(=O)C1CCC(C(=O)Nc2ccccc2C(C)(C)C)CC1. The van der Waals surface area contributed by atoms with Gasteiger partial charge in [0.1, 0.15) is 0 Å². The molecule has 0 aliphatic heterocycles. The van der Waals surface area contributed by atoms with Gasteiger partial charge in [0.2, 0.25) is 11.8 Å². The fourth-order valence-electron chi connectivity index (χ4n) is 3.56. The van der Waals surface area contributed by atoms with E-state index < -0.39 is 0 Å². The molecule has 2 N–H and O–H groups in total. The molecule has 0 radical (unpaired) electrons. The number of carbonyl (C=O) groups is 2. The summed E-state index contributed by atoms with van der Waals surface area (Å²) in [5.41, 5.74) is 2.03. The molecule has 0 saturated heterocycles. The maximum Gasteiger partial charge on any atom is 0.227 e. The topological polar surface area (TPSA) is 58.2 Å². The lowest BCUT2D eigenvalue weighted by molar-refractivity contribution is -0.129. The predicted molar refractivity (Wildman–Crippen MR) is 107 cm³/mol. The van der Waals surface area contributed by atoms with Crippen molar-refractivity contribution in [3.05, 3.63) is 29.8 Å². The maximum absolute atomic E-state index is 12.7. The number of benzene rings is 1. The van der Waals surface area contributed by atoms with Crippen molar-refractivity contribution in [1.29, 1.82) is 0 Å². The van der Waals surface area contributed by atoms with Crippen LogP contribution in [0.2, 0.25) is 0 Å². The van der Waals surface area contributed by atoms with Crippen LogP contribution in [0.4, 0.5) is 5.69 Å². The van der Waals surface area contributed by atoms with E-state index in [1.54, 1.807) is 0 Å². The first-order valence-corrected chi connectivity index (χ1v) is 9.93. The molecule has 1 saturated carbocycles. The Hall–Kier alpha value is -1.84. The molecule has 1 aromatic carbocycles. The molecule has 144 valence electrons. The number of rotatable bonds is 5. The molecular formula is C22H34N2O2. The lowest BCUT2D eigenvalue weighted by atomic mass is 9.80. The zero-order valence-corrected chi connectivity index (χ0v) is 16.9.